The molecule has 156 valence electrons. The van der Waals surface area contributed by atoms with Crippen LogP contribution in [0.25, 0.3) is 0 Å². The summed E-state index contributed by atoms with van der Waals surface area (Å²) >= 11 is 0. The highest BCUT2D eigenvalue weighted by molar-refractivity contribution is 7.89. The van der Waals surface area contributed by atoms with Crippen molar-refractivity contribution >= 4 is 21.6 Å². The van der Waals surface area contributed by atoms with Crippen molar-refractivity contribution in [2.75, 3.05) is 25.0 Å². The minimum absolute atomic E-state index is 0.103. The molecule has 1 saturated heterocycles. The molecule has 3 rings (SSSR count). The zero-order chi connectivity index (χ0) is 20.7. The van der Waals surface area contributed by atoms with Crippen molar-refractivity contribution in [3.63, 3.8) is 0 Å². The standard InChI is InChI=1S/C21H28N4O3S/c1-2-21(26)24-19-5-7-20(8-6-19)29(27,28)23-15-17-9-12-25(13-10-17)16-18-4-3-11-22-14-18/h3-8,11,14,17,23H,2,9-10,12-13,15-16H2,1H3,(H,24,26). The Hall–Kier alpha value is -2.29. The van der Waals surface area contributed by atoms with Gasteiger partial charge in [0.25, 0.3) is 0 Å². The lowest BCUT2D eigenvalue weighted by molar-refractivity contribution is -0.115. The van der Waals surface area contributed by atoms with Crippen molar-refractivity contribution in [2.45, 2.75) is 37.6 Å². The van der Waals surface area contributed by atoms with Gasteiger partial charge in [0.05, 0.1) is 4.90 Å². The van der Waals surface area contributed by atoms with Crippen molar-refractivity contribution < 1.29 is 13.2 Å². The molecule has 0 radical (unpaired) electrons. The van der Waals surface area contributed by atoms with Crippen LogP contribution >= 0.6 is 0 Å². The van der Waals surface area contributed by atoms with Gasteiger partial charge in [-0.1, -0.05) is 13.0 Å². The summed E-state index contributed by atoms with van der Waals surface area (Å²) in [5.41, 5.74) is 1.79. The predicted octanol–water partition coefficient (Wildman–Crippen LogP) is 2.62. The maximum absolute atomic E-state index is 12.6. The second kappa shape index (κ2) is 9.96. The summed E-state index contributed by atoms with van der Waals surface area (Å²) in [7, 11) is -3.56. The highest BCUT2D eigenvalue weighted by atomic mass is 32.2. The van der Waals surface area contributed by atoms with E-state index in [0.29, 0.717) is 24.6 Å². The molecular weight excluding hydrogens is 388 g/mol. The van der Waals surface area contributed by atoms with E-state index < -0.39 is 10.0 Å². The summed E-state index contributed by atoms with van der Waals surface area (Å²) in [5.74, 6) is 0.228. The minimum atomic E-state index is -3.56. The van der Waals surface area contributed by atoms with Crippen molar-refractivity contribution in [3.8, 4) is 0 Å². The van der Waals surface area contributed by atoms with Crippen molar-refractivity contribution in [1.82, 2.24) is 14.6 Å². The molecule has 0 spiro atoms. The van der Waals surface area contributed by atoms with Crippen LogP contribution in [0.1, 0.15) is 31.7 Å². The molecule has 1 fully saturated rings. The monoisotopic (exact) mass is 416 g/mol. The van der Waals surface area contributed by atoms with E-state index >= 15 is 0 Å². The fourth-order valence-corrected chi connectivity index (χ4v) is 4.49. The second-order valence-corrected chi connectivity index (χ2v) is 9.13. The Morgan fingerprint density at radius 1 is 1.17 bits per heavy atom. The average molecular weight is 417 g/mol. The number of nitrogens with zero attached hydrogens (tertiary/aromatic N) is 2. The SMILES string of the molecule is CCC(=O)Nc1ccc(S(=O)(=O)NCC2CCN(Cc3cccnc3)CC2)cc1. The van der Waals surface area contributed by atoms with Crippen LogP contribution in [0.5, 0.6) is 0 Å². The number of nitrogens with one attached hydrogen (secondary N) is 2. The van der Waals surface area contributed by atoms with Crippen LogP contribution in [0.15, 0.2) is 53.7 Å². The van der Waals surface area contributed by atoms with Gasteiger partial charge in [0.2, 0.25) is 15.9 Å². The molecule has 8 heteroatoms. The van der Waals surface area contributed by atoms with E-state index in [2.05, 4.69) is 26.0 Å². The molecule has 2 N–H and O–H groups in total. The quantitative estimate of drug-likeness (QED) is 0.690. The first-order chi connectivity index (χ1) is 14.0. The lowest BCUT2D eigenvalue weighted by Gasteiger charge is -2.31. The number of sulfonamides is 1. The highest BCUT2D eigenvalue weighted by Gasteiger charge is 2.22. The first kappa shape index (κ1) is 21.4. The molecule has 2 aromatic rings. The van der Waals surface area contributed by atoms with Gasteiger partial charge >= 0.3 is 0 Å². The first-order valence-corrected chi connectivity index (χ1v) is 11.5. The molecule has 1 aromatic carbocycles. The van der Waals surface area contributed by atoms with Gasteiger partial charge in [0.1, 0.15) is 0 Å². The molecule has 0 unspecified atom stereocenters. The van der Waals surface area contributed by atoms with E-state index in [-0.39, 0.29) is 10.8 Å². The Morgan fingerprint density at radius 3 is 2.52 bits per heavy atom. The Morgan fingerprint density at radius 2 is 1.90 bits per heavy atom. The van der Waals surface area contributed by atoms with Crippen LogP contribution < -0.4 is 10.0 Å². The topological polar surface area (TPSA) is 91.4 Å². The molecule has 29 heavy (non-hydrogen) atoms. The molecular formula is C21H28N4O3S. The van der Waals surface area contributed by atoms with E-state index in [9.17, 15) is 13.2 Å². The number of carbonyl (C=O) groups is 1. The van der Waals surface area contributed by atoms with E-state index in [1.807, 2.05) is 12.3 Å². The number of benzene rings is 1. The minimum Gasteiger partial charge on any atom is -0.326 e. The third kappa shape index (κ3) is 6.35. The fourth-order valence-electron chi connectivity index (χ4n) is 3.38. The van der Waals surface area contributed by atoms with E-state index in [0.717, 1.165) is 32.5 Å². The average Bonchev–Trinajstić information content (AvgIpc) is 2.74. The maximum atomic E-state index is 12.6. The molecule has 2 heterocycles. The number of carbonyl (C=O) groups excluding carboxylic acids is 1. The summed E-state index contributed by atoms with van der Waals surface area (Å²) < 4.78 is 27.8. The van der Waals surface area contributed by atoms with Gasteiger partial charge in [-0.25, -0.2) is 13.1 Å². The Labute approximate surface area is 172 Å². The zero-order valence-electron chi connectivity index (χ0n) is 16.7. The number of hydrogen-bond acceptors (Lipinski definition) is 5. The predicted molar refractivity (Wildman–Crippen MR) is 113 cm³/mol. The van der Waals surface area contributed by atoms with Gasteiger partial charge in [-0.15, -0.1) is 0 Å². The van der Waals surface area contributed by atoms with Gasteiger partial charge in [0, 0.05) is 37.6 Å². The molecule has 7 nitrogen and oxygen atoms in total. The second-order valence-electron chi connectivity index (χ2n) is 7.36. The van der Waals surface area contributed by atoms with Crippen LogP contribution in [0, 0.1) is 5.92 Å². The molecule has 0 atom stereocenters. The van der Waals surface area contributed by atoms with Crippen LogP contribution in [-0.4, -0.2) is 43.8 Å². The molecule has 1 aliphatic heterocycles. The van der Waals surface area contributed by atoms with Crippen LogP contribution in [0.4, 0.5) is 5.69 Å². The number of piperidine rings is 1. The molecule has 0 saturated carbocycles. The van der Waals surface area contributed by atoms with Crippen LogP contribution in [0.2, 0.25) is 0 Å². The van der Waals surface area contributed by atoms with Crippen LogP contribution in [0.3, 0.4) is 0 Å². The smallest absolute Gasteiger partial charge is 0.240 e. The maximum Gasteiger partial charge on any atom is 0.240 e. The number of likely N-dealkylation sites (tertiary alicyclic amines) is 1. The largest absolute Gasteiger partial charge is 0.326 e. The van der Waals surface area contributed by atoms with E-state index in [4.69, 9.17) is 0 Å². The Balaban J connectivity index is 1.46. The lowest BCUT2D eigenvalue weighted by atomic mass is 9.97. The van der Waals surface area contributed by atoms with Crippen molar-refractivity contribution in [2.24, 2.45) is 5.92 Å². The third-order valence-electron chi connectivity index (χ3n) is 5.17. The number of anilines is 1. The van der Waals surface area contributed by atoms with Gasteiger partial charge in [-0.2, -0.15) is 0 Å². The van der Waals surface area contributed by atoms with Gasteiger partial charge in [0.15, 0.2) is 0 Å². The van der Waals surface area contributed by atoms with Crippen LogP contribution in [-0.2, 0) is 21.4 Å². The number of rotatable bonds is 8. The van der Waals surface area contributed by atoms with E-state index in [1.54, 1.807) is 25.3 Å². The van der Waals surface area contributed by atoms with E-state index in [1.165, 1.54) is 17.7 Å². The molecule has 0 bridgehead atoms. The van der Waals surface area contributed by atoms with Crippen molar-refractivity contribution in [1.29, 1.82) is 0 Å². The molecule has 0 aliphatic carbocycles. The van der Waals surface area contributed by atoms with Gasteiger partial charge < -0.3 is 5.32 Å². The summed E-state index contributed by atoms with van der Waals surface area (Å²) in [6.07, 6.45) is 5.97. The highest BCUT2D eigenvalue weighted by Crippen LogP contribution is 2.20. The number of pyridine rings is 1. The normalized spacial score (nSPS) is 15.9. The fraction of sp³-hybridized carbons (Fsp3) is 0.429. The molecule has 1 aromatic heterocycles. The molecule has 1 amide bonds. The Bertz CT molecular complexity index is 893. The summed E-state index contributed by atoms with van der Waals surface area (Å²) in [4.78, 5) is 18.2. The van der Waals surface area contributed by atoms with Crippen molar-refractivity contribution in [3.05, 3.63) is 54.4 Å². The third-order valence-corrected chi connectivity index (χ3v) is 6.61. The zero-order valence-corrected chi connectivity index (χ0v) is 17.5. The van der Waals surface area contributed by atoms with Gasteiger partial charge in [-0.05, 0) is 67.7 Å². The number of aromatic nitrogens is 1. The molecule has 1 aliphatic rings. The summed E-state index contributed by atoms with van der Waals surface area (Å²) in [5, 5.41) is 2.71. The number of hydrogen-bond donors (Lipinski definition) is 2. The van der Waals surface area contributed by atoms with Gasteiger partial charge in [-0.3, -0.25) is 14.7 Å². The summed E-state index contributed by atoms with van der Waals surface area (Å²) in [6.45, 7) is 4.99. The summed E-state index contributed by atoms with van der Waals surface area (Å²) in [6, 6.07) is 10.3. The number of amides is 1. The first-order valence-electron chi connectivity index (χ1n) is 9.97. The Kier molecular flexibility index (Phi) is 7.35. The lowest BCUT2D eigenvalue weighted by Crippen LogP contribution is -2.38.